The SMILES string of the molecule is Cc1cnc(C(NCC2CC2)C2CC2)s1. The van der Waals surface area contributed by atoms with Gasteiger partial charge in [-0.25, -0.2) is 4.98 Å². The fraction of sp³-hybridized carbons (Fsp3) is 0.750. The van der Waals surface area contributed by atoms with E-state index in [4.69, 9.17) is 0 Å². The molecule has 1 atom stereocenters. The number of nitrogens with zero attached hydrogens (tertiary/aromatic N) is 1. The summed E-state index contributed by atoms with van der Waals surface area (Å²) in [7, 11) is 0. The molecule has 0 spiro atoms. The molecular formula is C12H18N2S. The predicted molar refractivity (Wildman–Crippen MR) is 63.0 cm³/mol. The first kappa shape index (κ1) is 9.79. The van der Waals surface area contributed by atoms with Gasteiger partial charge in [0, 0.05) is 11.1 Å². The van der Waals surface area contributed by atoms with Crippen LogP contribution < -0.4 is 5.32 Å². The molecule has 1 aromatic heterocycles. The molecule has 1 unspecified atom stereocenters. The lowest BCUT2D eigenvalue weighted by Crippen LogP contribution is -2.25. The van der Waals surface area contributed by atoms with Crippen molar-refractivity contribution in [1.29, 1.82) is 0 Å². The van der Waals surface area contributed by atoms with Crippen LogP contribution >= 0.6 is 11.3 Å². The van der Waals surface area contributed by atoms with Crippen LogP contribution in [0, 0.1) is 18.8 Å². The van der Waals surface area contributed by atoms with Crippen LogP contribution in [0.3, 0.4) is 0 Å². The van der Waals surface area contributed by atoms with Gasteiger partial charge in [0.05, 0.1) is 6.04 Å². The molecule has 0 bridgehead atoms. The fourth-order valence-electron chi connectivity index (χ4n) is 2.02. The van der Waals surface area contributed by atoms with E-state index in [-0.39, 0.29) is 0 Å². The number of aryl methyl sites for hydroxylation is 1. The molecular weight excluding hydrogens is 204 g/mol. The lowest BCUT2D eigenvalue weighted by molar-refractivity contribution is 0.467. The summed E-state index contributed by atoms with van der Waals surface area (Å²) in [6.45, 7) is 3.35. The average molecular weight is 222 g/mol. The van der Waals surface area contributed by atoms with Gasteiger partial charge in [0.2, 0.25) is 0 Å². The van der Waals surface area contributed by atoms with Crippen molar-refractivity contribution in [3.63, 3.8) is 0 Å². The summed E-state index contributed by atoms with van der Waals surface area (Å²) in [5, 5.41) is 5.04. The van der Waals surface area contributed by atoms with E-state index in [1.165, 1.54) is 42.1 Å². The summed E-state index contributed by atoms with van der Waals surface area (Å²) in [6, 6.07) is 0.560. The van der Waals surface area contributed by atoms with Crippen LogP contribution in [0.25, 0.3) is 0 Å². The molecule has 3 heteroatoms. The minimum Gasteiger partial charge on any atom is -0.307 e. The maximum Gasteiger partial charge on any atom is 0.110 e. The van der Waals surface area contributed by atoms with E-state index < -0.39 is 0 Å². The summed E-state index contributed by atoms with van der Waals surface area (Å²) >= 11 is 1.86. The van der Waals surface area contributed by atoms with Crippen LogP contribution in [0.2, 0.25) is 0 Å². The van der Waals surface area contributed by atoms with E-state index in [0.29, 0.717) is 6.04 Å². The van der Waals surface area contributed by atoms with Crippen LogP contribution in [0.15, 0.2) is 6.20 Å². The van der Waals surface area contributed by atoms with Crippen molar-refractivity contribution < 1.29 is 0 Å². The molecule has 2 fully saturated rings. The van der Waals surface area contributed by atoms with Crippen molar-refractivity contribution in [3.05, 3.63) is 16.1 Å². The van der Waals surface area contributed by atoms with Crippen molar-refractivity contribution in [2.45, 2.75) is 38.6 Å². The first-order chi connectivity index (χ1) is 7.33. The number of nitrogens with one attached hydrogen (secondary N) is 1. The molecule has 2 saturated carbocycles. The highest BCUT2D eigenvalue weighted by molar-refractivity contribution is 7.11. The number of rotatable bonds is 5. The van der Waals surface area contributed by atoms with Crippen LogP contribution in [0.4, 0.5) is 0 Å². The largest absolute Gasteiger partial charge is 0.307 e. The highest BCUT2D eigenvalue weighted by atomic mass is 32.1. The van der Waals surface area contributed by atoms with Crippen molar-refractivity contribution >= 4 is 11.3 Å². The van der Waals surface area contributed by atoms with Gasteiger partial charge >= 0.3 is 0 Å². The van der Waals surface area contributed by atoms with Gasteiger partial charge < -0.3 is 5.32 Å². The van der Waals surface area contributed by atoms with Gasteiger partial charge in [-0.05, 0) is 51.0 Å². The molecule has 0 radical (unpaired) electrons. The summed E-state index contributed by atoms with van der Waals surface area (Å²) in [5.74, 6) is 1.83. The molecule has 2 aliphatic rings. The van der Waals surface area contributed by atoms with Gasteiger partial charge in [-0.2, -0.15) is 0 Å². The van der Waals surface area contributed by atoms with Crippen molar-refractivity contribution in [2.24, 2.45) is 11.8 Å². The Bertz CT molecular complexity index is 339. The zero-order valence-electron chi connectivity index (χ0n) is 9.20. The highest BCUT2D eigenvalue weighted by Crippen LogP contribution is 2.42. The summed E-state index contributed by atoms with van der Waals surface area (Å²) < 4.78 is 0. The number of hydrogen-bond acceptors (Lipinski definition) is 3. The molecule has 0 aromatic carbocycles. The maximum atomic E-state index is 4.53. The zero-order chi connectivity index (χ0) is 10.3. The van der Waals surface area contributed by atoms with Crippen LogP contribution in [0.5, 0.6) is 0 Å². The molecule has 1 N–H and O–H groups in total. The molecule has 82 valence electrons. The summed E-state index contributed by atoms with van der Waals surface area (Å²) in [5.41, 5.74) is 0. The van der Waals surface area contributed by atoms with Gasteiger partial charge in [0.15, 0.2) is 0 Å². The molecule has 2 aliphatic carbocycles. The second-order valence-corrected chi connectivity index (χ2v) is 6.24. The van der Waals surface area contributed by atoms with E-state index >= 15 is 0 Å². The number of hydrogen-bond donors (Lipinski definition) is 1. The van der Waals surface area contributed by atoms with Gasteiger partial charge in [-0.1, -0.05) is 0 Å². The Morgan fingerprint density at radius 1 is 1.47 bits per heavy atom. The molecule has 3 rings (SSSR count). The first-order valence-corrected chi connectivity index (χ1v) is 6.80. The molecule has 0 saturated heterocycles. The standard InChI is InChI=1S/C12H18N2S/c1-8-6-14-12(15-8)11(10-4-5-10)13-7-9-2-3-9/h6,9-11,13H,2-5,7H2,1H3. The Morgan fingerprint density at radius 3 is 2.80 bits per heavy atom. The van der Waals surface area contributed by atoms with Crippen LogP contribution in [0.1, 0.15) is 41.6 Å². The van der Waals surface area contributed by atoms with E-state index in [1.807, 2.05) is 17.5 Å². The first-order valence-electron chi connectivity index (χ1n) is 5.98. The molecule has 0 aliphatic heterocycles. The summed E-state index contributed by atoms with van der Waals surface area (Å²) in [6.07, 6.45) is 7.65. The normalized spacial score (nSPS) is 23.0. The van der Waals surface area contributed by atoms with Gasteiger partial charge in [-0.15, -0.1) is 11.3 Å². The van der Waals surface area contributed by atoms with Crippen LogP contribution in [-0.2, 0) is 0 Å². The zero-order valence-corrected chi connectivity index (χ0v) is 10.0. The Balaban J connectivity index is 1.66. The fourth-order valence-corrected chi connectivity index (χ4v) is 2.96. The van der Waals surface area contributed by atoms with Crippen molar-refractivity contribution in [1.82, 2.24) is 10.3 Å². The third-order valence-electron chi connectivity index (χ3n) is 3.32. The molecule has 2 nitrogen and oxygen atoms in total. The lowest BCUT2D eigenvalue weighted by atomic mass is 10.2. The topological polar surface area (TPSA) is 24.9 Å². The Morgan fingerprint density at radius 2 is 2.27 bits per heavy atom. The van der Waals surface area contributed by atoms with Gasteiger partial charge in [0.1, 0.15) is 5.01 Å². The maximum absolute atomic E-state index is 4.53. The smallest absolute Gasteiger partial charge is 0.110 e. The van der Waals surface area contributed by atoms with Gasteiger partial charge in [0.25, 0.3) is 0 Å². The van der Waals surface area contributed by atoms with Crippen molar-refractivity contribution in [2.75, 3.05) is 6.54 Å². The average Bonchev–Trinajstić information content (AvgIpc) is 3.09. The monoisotopic (exact) mass is 222 g/mol. The minimum absolute atomic E-state index is 0.560. The Hall–Kier alpha value is -0.410. The number of thiazole rings is 1. The minimum atomic E-state index is 0.560. The third kappa shape index (κ3) is 2.40. The molecule has 0 amide bonds. The van der Waals surface area contributed by atoms with Gasteiger partial charge in [-0.3, -0.25) is 0 Å². The Labute approximate surface area is 95.1 Å². The predicted octanol–water partition coefficient (Wildman–Crippen LogP) is 2.90. The number of aromatic nitrogens is 1. The molecule has 15 heavy (non-hydrogen) atoms. The second kappa shape index (κ2) is 3.87. The van der Waals surface area contributed by atoms with Crippen molar-refractivity contribution in [3.8, 4) is 0 Å². The lowest BCUT2D eigenvalue weighted by Gasteiger charge is -2.15. The molecule has 1 aromatic rings. The quantitative estimate of drug-likeness (QED) is 0.828. The van der Waals surface area contributed by atoms with E-state index in [9.17, 15) is 0 Å². The summed E-state index contributed by atoms with van der Waals surface area (Å²) in [4.78, 5) is 5.87. The second-order valence-electron chi connectivity index (χ2n) is 4.98. The van der Waals surface area contributed by atoms with E-state index in [1.54, 1.807) is 0 Å². The highest BCUT2D eigenvalue weighted by Gasteiger charge is 2.35. The van der Waals surface area contributed by atoms with E-state index in [2.05, 4.69) is 17.2 Å². The Kier molecular flexibility index (Phi) is 2.53. The third-order valence-corrected chi connectivity index (χ3v) is 4.32. The van der Waals surface area contributed by atoms with E-state index in [0.717, 1.165) is 11.8 Å². The molecule has 1 heterocycles. The van der Waals surface area contributed by atoms with Crippen LogP contribution in [-0.4, -0.2) is 11.5 Å².